The molecule has 0 saturated carbocycles. The Kier molecular flexibility index (Phi) is 4.66. The van der Waals surface area contributed by atoms with E-state index < -0.39 is 27.4 Å². The van der Waals surface area contributed by atoms with E-state index in [9.17, 15) is 21.6 Å². The molecular formula is C20H20F3NO3S. The van der Waals surface area contributed by atoms with Crippen molar-refractivity contribution < 1.29 is 26.3 Å². The molecule has 2 aliphatic rings. The quantitative estimate of drug-likeness (QED) is 0.742. The van der Waals surface area contributed by atoms with Crippen molar-refractivity contribution in [3.63, 3.8) is 0 Å². The van der Waals surface area contributed by atoms with Crippen LogP contribution in [-0.4, -0.2) is 31.4 Å². The number of benzene rings is 2. The van der Waals surface area contributed by atoms with Gasteiger partial charge < -0.3 is 4.74 Å². The first-order valence-corrected chi connectivity index (χ1v) is 10.6. The fourth-order valence-electron chi connectivity index (χ4n) is 3.92. The molecule has 0 bridgehead atoms. The number of halogens is 3. The van der Waals surface area contributed by atoms with Crippen molar-refractivity contribution in [2.24, 2.45) is 0 Å². The Hall–Kier alpha value is -2.06. The molecule has 2 aromatic rings. The van der Waals surface area contributed by atoms with Crippen LogP contribution in [0.4, 0.5) is 13.2 Å². The van der Waals surface area contributed by atoms with E-state index in [0.29, 0.717) is 18.9 Å². The predicted octanol–water partition coefficient (Wildman–Crippen LogP) is 4.25. The fourth-order valence-corrected chi connectivity index (χ4v) is 5.41. The highest BCUT2D eigenvalue weighted by atomic mass is 32.2. The van der Waals surface area contributed by atoms with Gasteiger partial charge in [0.2, 0.25) is 10.0 Å². The Labute approximate surface area is 162 Å². The van der Waals surface area contributed by atoms with Crippen molar-refractivity contribution in [1.82, 2.24) is 4.31 Å². The average Bonchev–Trinajstić information content (AvgIpc) is 2.68. The summed E-state index contributed by atoms with van der Waals surface area (Å²) in [5.41, 5.74) is -0.227. The van der Waals surface area contributed by atoms with Crippen LogP contribution in [-0.2, 0) is 22.6 Å². The molecule has 2 aromatic carbocycles. The highest BCUT2D eigenvalue weighted by Gasteiger charge is 2.42. The molecule has 0 atom stereocenters. The van der Waals surface area contributed by atoms with Gasteiger partial charge in [0.1, 0.15) is 11.4 Å². The minimum Gasteiger partial charge on any atom is -0.487 e. The smallest absolute Gasteiger partial charge is 0.416 e. The van der Waals surface area contributed by atoms with Crippen LogP contribution in [0.15, 0.2) is 53.4 Å². The number of ether oxygens (including phenoxy) is 1. The maximum Gasteiger partial charge on any atom is 0.416 e. The van der Waals surface area contributed by atoms with Gasteiger partial charge in [0.25, 0.3) is 0 Å². The lowest BCUT2D eigenvalue weighted by Crippen LogP contribution is -2.51. The van der Waals surface area contributed by atoms with Gasteiger partial charge in [-0.15, -0.1) is 0 Å². The standard InChI is InChI=1S/C20H20F3NO3S/c21-20(22,23)16-5-3-6-17(14-16)28(25,26)24-12-10-19(11-13-24)9-8-15-4-1-2-7-18(15)27-19/h1-7,14H,8-13H2. The van der Waals surface area contributed by atoms with E-state index in [1.807, 2.05) is 24.3 Å². The Morgan fingerprint density at radius 2 is 1.68 bits per heavy atom. The summed E-state index contributed by atoms with van der Waals surface area (Å²) in [4.78, 5) is -0.326. The minimum absolute atomic E-state index is 0.223. The highest BCUT2D eigenvalue weighted by molar-refractivity contribution is 7.89. The van der Waals surface area contributed by atoms with E-state index in [1.165, 1.54) is 10.4 Å². The van der Waals surface area contributed by atoms with Gasteiger partial charge in [0.15, 0.2) is 0 Å². The van der Waals surface area contributed by atoms with Gasteiger partial charge in [-0.3, -0.25) is 0 Å². The van der Waals surface area contributed by atoms with Gasteiger partial charge in [-0.1, -0.05) is 24.3 Å². The molecule has 0 radical (unpaired) electrons. The molecule has 0 aromatic heterocycles. The van der Waals surface area contributed by atoms with Crippen LogP contribution in [0, 0.1) is 0 Å². The first-order chi connectivity index (χ1) is 13.2. The van der Waals surface area contributed by atoms with Crippen LogP contribution in [0.3, 0.4) is 0 Å². The van der Waals surface area contributed by atoms with Crippen LogP contribution in [0.5, 0.6) is 5.75 Å². The summed E-state index contributed by atoms with van der Waals surface area (Å²) in [6.45, 7) is 0.446. The molecular weight excluding hydrogens is 391 g/mol. The van der Waals surface area contributed by atoms with Gasteiger partial charge in [-0.2, -0.15) is 17.5 Å². The number of rotatable bonds is 2. The summed E-state index contributed by atoms with van der Waals surface area (Å²) in [7, 11) is -3.98. The second-order valence-corrected chi connectivity index (χ2v) is 9.26. The van der Waals surface area contributed by atoms with Crippen molar-refractivity contribution in [2.45, 2.75) is 42.4 Å². The van der Waals surface area contributed by atoms with E-state index in [4.69, 9.17) is 4.74 Å². The summed E-state index contributed by atoms with van der Waals surface area (Å²) in [5, 5.41) is 0. The molecule has 1 saturated heterocycles. The van der Waals surface area contributed by atoms with Crippen molar-refractivity contribution >= 4 is 10.0 Å². The molecule has 8 heteroatoms. The molecule has 4 nitrogen and oxygen atoms in total. The Morgan fingerprint density at radius 3 is 2.39 bits per heavy atom. The first-order valence-electron chi connectivity index (χ1n) is 9.14. The lowest BCUT2D eigenvalue weighted by atomic mass is 9.84. The zero-order chi connectivity index (χ0) is 20.0. The number of para-hydroxylation sites is 1. The van der Waals surface area contributed by atoms with Crippen molar-refractivity contribution in [3.05, 3.63) is 59.7 Å². The molecule has 0 aliphatic carbocycles. The van der Waals surface area contributed by atoms with E-state index >= 15 is 0 Å². The zero-order valence-corrected chi connectivity index (χ0v) is 15.9. The molecule has 1 fully saturated rings. The maximum absolute atomic E-state index is 12.9. The van der Waals surface area contributed by atoms with Crippen LogP contribution >= 0.6 is 0 Å². The number of nitrogens with zero attached hydrogens (tertiary/aromatic N) is 1. The van der Waals surface area contributed by atoms with Crippen molar-refractivity contribution in [3.8, 4) is 5.75 Å². The third-order valence-corrected chi connectivity index (χ3v) is 7.48. The Bertz CT molecular complexity index is 980. The maximum atomic E-state index is 12.9. The van der Waals surface area contributed by atoms with Crippen molar-refractivity contribution in [1.29, 1.82) is 0 Å². The van der Waals surface area contributed by atoms with E-state index in [0.717, 1.165) is 36.3 Å². The third-order valence-electron chi connectivity index (χ3n) is 5.58. The monoisotopic (exact) mass is 411 g/mol. The molecule has 2 aliphatic heterocycles. The van der Waals surface area contributed by atoms with Crippen LogP contribution < -0.4 is 4.74 Å². The van der Waals surface area contributed by atoms with E-state index in [-0.39, 0.29) is 18.0 Å². The van der Waals surface area contributed by atoms with Crippen LogP contribution in [0.2, 0.25) is 0 Å². The van der Waals surface area contributed by atoms with Gasteiger partial charge in [-0.25, -0.2) is 8.42 Å². The summed E-state index contributed by atoms with van der Waals surface area (Å²) >= 11 is 0. The van der Waals surface area contributed by atoms with Gasteiger partial charge in [0, 0.05) is 25.9 Å². The molecule has 0 amide bonds. The van der Waals surface area contributed by atoms with Gasteiger partial charge in [-0.05, 0) is 42.7 Å². The number of hydrogen-bond donors (Lipinski definition) is 0. The number of piperidine rings is 1. The Morgan fingerprint density at radius 1 is 0.964 bits per heavy atom. The number of hydrogen-bond acceptors (Lipinski definition) is 3. The van der Waals surface area contributed by atoms with E-state index in [2.05, 4.69) is 0 Å². The largest absolute Gasteiger partial charge is 0.487 e. The summed E-state index contributed by atoms with van der Waals surface area (Å²) < 4.78 is 72.0. The van der Waals surface area contributed by atoms with E-state index in [1.54, 1.807) is 0 Å². The van der Waals surface area contributed by atoms with Crippen LogP contribution in [0.25, 0.3) is 0 Å². The summed E-state index contributed by atoms with van der Waals surface area (Å²) in [6.07, 6.45) is -1.88. The third kappa shape index (κ3) is 3.51. The second kappa shape index (κ2) is 6.77. The molecule has 150 valence electrons. The molecule has 4 rings (SSSR count). The van der Waals surface area contributed by atoms with Gasteiger partial charge in [0.05, 0.1) is 10.5 Å². The topological polar surface area (TPSA) is 46.6 Å². The van der Waals surface area contributed by atoms with Crippen LogP contribution in [0.1, 0.15) is 30.4 Å². The average molecular weight is 411 g/mol. The number of alkyl halides is 3. The second-order valence-electron chi connectivity index (χ2n) is 7.32. The molecule has 28 heavy (non-hydrogen) atoms. The zero-order valence-electron chi connectivity index (χ0n) is 15.1. The summed E-state index contributed by atoms with van der Waals surface area (Å²) in [5.74, 6) is 0.836. The SMILES string of the molecule is O=S(=O)(c1cccc(C(F)(F)F)c1)N1CCC2(CCc3ccccc3O2)CC1. The molecule has 2 heterocycles. The normalized spacial score (nSPS) is 19.8. The fraction of sp³-hybridized carbons (Fsp3) is 0.400. The minimum atomic E-state index is -4.58. The Balaban J connectivity index is 1.51. The number of sulfonamides is 1. The van der Waals surface area contributed by atoms with Gasteiger partial charge >= 0.3 is 6.18 Å². The predicted molar refractivity (Wildman–Crippen MR) is 97.6 cm³/mol. The molecule has 0 N–H and O–H groups in total. The molecule has 1 spiro atoms. The lowest BCUT2D eigenvalue weighted by molar-refractivity contribution is -0.137. The first kappa shape index (κ1) is 19.3. The van der Waals surface area contributed by atoms with Crippen molar-refractivity contribution in [2.75, 3.05) is 13.1 Å². The summed E-state index contributed by atoms with van der Waals surface area (Å²) in [6, 6.07) is 11.7. The number of aryl methyl sites for hydroxylation is 1. The molecule has 0 unspecified atom stereocenters. The lowest BCUT2D eigenvalue weighted by Gasteiger charge is -2.44. The number of fused-ring (bicyclic) bond motifs is 1. The highest BCUT2D eigenvalue weighted by Crippen LogP contribution is 2.40.